The molecule has 1 aromatic heterocycles. The molecule has 0 fully saturated rings. The highest BCUT2D eigenvalue weighted by atomic mass is 32.1. The van der Waals surface area contributed by atoms with Crippen LogP contribution in [0.3, 0.4) is 0 Å². The van der Waals surface area contributed by atoms with Crippen molar-refractivity contribution < 1.29 is 14.6 Å². The number of hydrogen-bond donors (Lipinski definition) is 1. The van der Waals surface area contributed by atoms with E-state index in [9.17, 15) is 4.79 Å². The molecule has 1 heterocycles. The molecule has 0 bridgehead atoms. The molecule has 0 saturated heterocycles. The number of carbonyl (C=O) groups is 1. The van der Waals surface area contributed by atoms with Crippen LogP contribution in [0.25, 0.3) is 0 Å². The second-order valence-corrected chi connectivity index (χ2v) is 3.96. The lowest BCUT2D eigenvalue weighted by molar-refractivity contribution is 0.0960. The minimum Gasteiger partial charge on any atom is -0.450 e. The van der Waals surface area contributed by atoms with Gasteiger partial charge in [-0.25, -0.2) is 4.79 Å². The van der Waals surface area contributed by atoms with E-state index in [1.165, 1.54) is 4.90 Å². The summed E-state index contributed by atoms with van der Waals surface area (Å²) in [4.78, 5) is 14.0. The van der Waals surface area contributed by atoms with Crippen molar-refractivity contribution in [3.05, 3.63) is 22.4 Å². The summed E-state index contributed by atoms with van der Waals surface area (Å²) in [6.45, 7) is 2.86. The van der Waals surface area contributed by atoms with Crippen molar-refractivity contribution in [2.75, 3.05) is 19.8 Å². The molecule has 4 nitrogen and oxygen atoms in total. The van der Waals surface area contributed by atoms with Crippen LogP contribution >= 0.6 is 11.3 Å². The number of carbonyl (C=O) groups excluding carboxylic acids is 1. The lowest BCUT2D eigenvalue weighted by atomic mass is 10.4. The second kappa shape index (κ2) is 6.42. The van der Waals surface area contributed by atoms with E-state index in [0.29, 0.717) is 19.7 Å². The van der Waals surface area contributed by atoms with E-state index < -0.39 is 0 Å². The Morgan fingerprint density at radius 1 is 1.67 bits per heavy atom. The average molecular weight is 229 g/mol. The molecule has 1 amide bonds. The second-order valence-electron chi connectivity index (χ2n) is 2.92. The fourth-order valence-electron chi connectivity index (χ4n) is 1.16. The van der Waals surface area contributed by atoms with Crippen LogP contribution in [0.1, 0.15) is 11.8 Å². The van der Waals surface area contributed by atoms with Crippen LogP contribution in [0, 0.1) is 0 Å². The normalized spacial score (nSPS) is 10.0. The summed E-state index contributed by atoms with van der Waals surface area (Å²) in [5.41, 5.74) is 0. The SMILES string of the molecule is CCOC(=O)N(CCO)Cc1cccs1. The van der Waals surface area contributed by atoms with Gasteiger partial charge in [-0.05, 0) is 18.4 Å². The van der Waals surface area contributed by atoms with E-state index in [2.05, 4.69) is 0 Å². The fraction of sp³-hybridized carbons (Fsp3) is 0.500. The largest absolute Gasteiger partial charge is 0.450 e. The third-order valence-electron chi connectivity index (χ3n) is 1.82. The minimum absolute atomic E-state index is 0.0514. The smallest absolute Gasteiger partial charge is 0.410 e. The van der Waals surface area contributed by atoms with Gasteiger partial charge in [0.2, 0.25) is 0 Å². The Hall–Kier alpha value is -1.07. The van der Waals surface area contributed by atoms with Crippen molar-refractivity contribution in [1.29, 1.82) is 0 Å². The summed E-state index contributed by atoms with van der Waals surface area (Å²) in [7, 11) is 0. The molecule has 15 heavy (non-hydrogen) atoms. The highest BCUT2D eigenvalue weighted by Gasteiger charge is 2.14. The topological polar surface area (TPSA) is 49.8 Å². The van der Waals surface area contributed by atoms with Crippen LogP contribution in [0.5, 0.6) is 0 Å². The first kappa shape index (κ1) is 12.0. The van der Waals surface area contributed by atoms with Gasteiger partial charge in [0.25, 0.3) is 0 Å². The van der Waals surface area contributed by atoms with Gasteiger partial charge in [-0.3, -0.25) is 0 Å². The van der Waals surface area contributed by atoms with E-state index in [1.54, 1.807) is 18.3 Å². The molecule has 0 aliphatic heterocycles. The standard InChI is InChI=1S/C10H15NO3S/c1-2-14-10(13)11(5-6-12)8-9-4-3-7-15-9/h3-4,7,12H,2,5-6,8H2,1H3. The third-order valence-corrected chi connectivity index (χ3v) is 2.68. The number of aliphatic hydroxyl groups is 1. The Kier molecular flexibility index (Phi) is 5.14. The van der Waals surface area contributed by atoms with Gasteiger partial charge in [0.1, 0.15) is 0 Å². The molecule has 0 aliphatic rings. The predicted molar refractivity (Wildman–Crippen MR) is 58.8 cm³/mol. The van der Waals surface area contributed by atoms with Gasteiger partial charge >= 0.3 is 6.09 Å². The lowest BCUT2D eigenvalue weighted by Gasteiger charge is -2.19. The van der Waals surface area contributed by atoms with E-state index >= 15 is 0 Å². The Labute approximate surface area is 93.1 Å². The molecular weight excluding hydrogens is 214 g/mol. The minimum atomic E-state index is -0.375. The molecule has 1 N–H and O–H groups in total. The van der Waals surface area contributed by atoms with Gasteiger partial charge in [0, 0.05) is 11.4 Å². The maximum Gasteiger partial charge on any atom is 0.410 e. The van der Waals surface area contributed by atoms with Crippen LogP contribution in [0.2, 0.25) is 0 Å². The summed E-state index contributed by atoms with van der Waals surface area (Å²) in [6, 6.07) is 3.89. The number of thiophene rings is 1. The fourth-order valence-corrected chi connectivity index (χ4v) is 1.88. The first-order valence-corrected chi connectivity index (χ1v) is 5.70. The van der Waals surface area contributed by atoms with Crippen LogP contribution in [0.15, 0.2) is 17.5 Å². The maximum atomic E-state index is 11.5. The lowest BCUT2D eigenvalue weighted by Crippen LogP contribution is -2.33. The van der Waals surface area contributed by atoms with Gasteiger partial charge in [0.05, 0.1) is 19.8 Å². The first-order chi connectivity index (χ1) is 7.27. The van der Waals surface area contributed by atoms with Crippen LogP contribution in [0.4, 0.5) is 4.79 Å². The molecule has 1 aromatic rings. The first-order valence-electron chi connectivity index (χ1n) is 4.83. The number of rotatable bonds is 5. The summed E-state index contributed by atoms with van der Waals surface area (Å²) >= 11 is 1.58. The zero-order valence-electron chi connectivity index (χ0n) is 8.68. The number of hydrogen-bond acceptors (Lipinski definition) is 4. The summed E-state index contributed by atoms with van der Waals surface area (Å²) in [5, 5.41) is 10.8. The number of ether oxygens (including phenoxy) is 1. The van der Waals surface area contributed by atoms with Gasteiger partial charge in [-0.15, -0.1) is 11.3 Å². The Balaban J connectivity index is 2.53. The van der Waals surface area contributed by atoms with Crippen molar-refractivity contribution in [3.8, 4) is 0 Å². The maximum absolute atomic E-state index is 11.5. The van der Waals surface area contributed by atoms with Crippen molar-refractivity contribution >= 4 is 17.4 Å². The third kappa shape index (κ3) is 3.89. The molecule has 0 aliphatic carbocycles. The number of nitrogens with zero attached hydrogens (tertiary/aromatic N) is 1. The Morgan fingerprint density at radius 3 is 3.00 bits per heavy atom. The Bertz CT molecular complexity index is 287. The van der Waals surface area contributed by atoms with Crippen LogP contribution in [-0.2, 0) is 11.3 Å². The molecule has 0 unspecified atom stereocenters. The average Bonchev–Trinajstić information content (AvgIpc) is 2.70. The van der Waals surface area contributed by atoms with Crippen LogP contribution in [-0.4, -0.2) is 35.9 Å². The molecule has 0 atom stereocenters. The van der Waals surface area contributed by atoms with Crippen molar-refractivity contribution in [2.45, 2.75) is 13.5 Å². The number of aliphatic hydroxyl groups excluding tert-OH is 1. The molecule has 0 aromatic carbocycles. The van der Waals surface area contributed by atoms with Crippen LogP contribution < -0.4 is 0 Å². The zero-order valence-corrected chi connectivity index (χ0v) is 9.50. The molecule has 0 radical (unpaired) electrons. The molecule has 0 spiro atoms. The number of amides is 1. The Morgan fingerprint density at radius 2 is 2.47 bits per heavy atom. The van der Waals surface area contributed by atoms with Crippen molar-refractivity contribution in [3.63, 3.8) is 0 Å². The van der Waals surface area contributed by atoms with E-state index in [-0.39, 0.29) is 12.7 Å². The molecule has 84 valence electrons. The highest BCUT2D eigenvalue weighted by Crippen LogP contribution is 2.12. The molecule has 0 saturated carbocycles. The summed E-state index contributed by atoms with van der Waals surface area (Å²) in [5.74, 6) is 0. The van der Waals surface area contributed by atoms with E-state index in [4.69, 9.17) is 9.84 Å². The molecule has 5 heteroatoms. The van der Waals surface area contributed by atoms with Crippen molar-refractivity contribution in [2.24, 2.45) is 0 Å². The van der Waals surface area contributed by atoms with Gasteiger partial charge in [-0.1, -0.05) is 6.07 Å². The quantitative estimate of drug-likeness (QED) is 0.836. The highest BCUT2D eigenvalue weighted by molar-refractivity contribution is 7.09. The summed E-state index contributed by atoms with van der Waals surface area (Å²) < 4.78 is 4.89. The van der Waals surface area contributed by atoms with Gasteiger partial charge in [-0.2, -0.15) is 0 Å². The predicted octanol–water partition coefficient (Wildman–Crippen LogP) is 1.70. The summed E-state index contributed by atoms with van der Waals surface area (Å²) in [6.07, 6.45) is -0.375. The van der Waals surface area contributed by atoms with E-state index in [0.717, 1.165) is 4.88 Å². The van der Waals surface area contributed by atoms with Crippen molar-refractivity contribution in [1.82, 2.24) is 4.90 Å². The van der Waals surface area contributed by atoms with Gasteiger partial charge in [0.15, 0.2) is 0 Å². The molecule has 1 rings (SSSR count). The van der Waals surface area contributed by atoms with E-state index in [1.807, 2.05) is 17.5 Å². The van der Waals surface area contributed by atoms with Gasteiger partial charge < -0.3 is 14.7 Å². The zero-order chi connectivity index (χ0) is 11.1. The molecular formula is C10H15NO3S. The monoisotopic (exact) mass is 229 g/mol.